The standard InChI is InChI=1S/C20H22N2O3S/c1-12-6-7-13(2)18(9-12)21-26(24,25)16-10-15-5-4-8-22-19(15)17(11-16)14(3)20(22)23/h6-7,9-11,14,21H,4-5,8H2,1-3H3/t14-/m1/s1. The Morgan fingerprint density at radius 2 is 1.92 bits per heavy atom. The van der Waals surface area contributed by atoms with Gasteiger partial charge in [0.15, 0.2) is 0 Å². The van der Waals surface area contributed by atoms with Crippen LogP contribution in [-0.4, -0.2) is 20.9 Å². The lowest BCUT2D eigenvalue weighted by atomic mass is 9.97. The van der Waals surface area contributed by atoms with Gasteiger partial charge in [-0.05, 0) is 74.1 Å². The van der Waals surface area contributed by atoms with Crippen molar-refractivity contribution in [2.24, 2.45) is 0 Å². The van der Waals surface area contributed by atoms with Gasteiger partial charge in [0.1, 0.15) is 0 Å². The number of nitrogens with one attached hydrogen (secondary N) is 1. The predicted molar refractivity (Wildman–Crippen MR) is 102 cm³/mol. The van der Waals surface area contributed by atoms with Crippen molar-refractivity contribution in [3.63, 3.8) is 0 Å². The van der Waals surface area contributed by atoms with Crippen molar-refractivity contribution in [3.8, 4) is 0 Å². The third-order valence-corrected chi connectivity index (χ3v) is 6.69. The summed E-state index contributed by atoms with van der Waals surface area (Å²) >= 11 is 0. The largest absolute Gasteiger partial charge is 0.311 e. The average Bonchev–Trinajstić information content (AvgIpc) is 2.85. The molecule has 2 aliphatic rings. The molecule has 0 aromatic heterocycles. The smallest absolute Gasteiger partial charge is 0.261 e. The molecule has 4 rings (SSSR count). The van der Waals surface area contributed by atoms with Crippen molar-refractivity contribution in [2.45, 2.75) is 44.4 Å². The first kappa shape index (κ1) is 17.1. The molecular formula is C20H22N2O3S. The van der Waals surface area contributed by atoms with E-state index < -0.39 is 10.0 Å². The number of nitrogens with zero attached hydrogens (tertiary/aromatic N) is 1. The lowest BCUT2D eigenvalue weighted by Gasteiger charge is -2.26. The highest BCUT2D eigenvalue weighted by molar-refractivity contribution is 7.92. The van der Waals surface area contributed by atoms with Gasteiger partial charge in [-0.25, -0.2) is 8.42 Å². The molecule has 6 heteroatoms. The number of hydrogen-bond acceptors (Lipinski definition) is 3. The van der Waals surface area contributed by atoms with Gasteiger partial charge in [0.2, 0.25) is 5.91 Å². The zero-order valence-corrected chi connectivity index (χ0v) is 16.0. The van der Waals surface area contributed by atoms with E-state index in [1.165, 1.54) is 0 Å². The molecular weight excluding hydrogens is 348 g/mol. The SMILES string of the molecule is Cc1ccc(C)c(NS(=O)(=O)c2cc3c4c(c2)[C@@H](C)C(=O)N4CCC3)c1. The summed E-state index contributed by atoms with van der Waals surface area (Å²) in [5, 5.41) is 0. The third-order valence-electron chi connectivity index (χ3n) is 5.34. The second-order valence-electron chi connectivity index (χ2n) is 7.26. The van der Waals surface area contributed by atoms with Crippen LogP contribution in [0.3, 0.4) is 0 Å². The number of anilines is 2. The van der Waals surface area contributed by atoms with Crippen molar-refractivity contribution in [3.05, 3.63) is 52.6 Å². The average molecular weight is 370 g/mol. The first-order valence-corrected chi connectivity index (χ1v) is 10.3. The molecule has 5 nitrogen and oxygen atoms in total. The fourth-order valence-electron chi connectivity index (χ4n) is 3.87. The summed E-state index contributed by atoms with van der Waals surface area (Å²) in [7, 11) is -3.72. The van der Waals surface area contributed by atoms with E-state index in [-0.39, 0.29) is 16.7 Å². The summed E-state index contributed by atoms with van der Waals surface area (Å²) < 4.78 is 28.7. The topological polar surface area (TPSA) is 66.5 Å². The zero-order valence-electron chi connectivity index (χ0n) is 15.2. The Labute approximate surface area is 154 Å². The monoisotopic (exact) mass is 370 g/mol. The molecule has 0 aliphatic carbocycles. The van der Waals surface area contributed by atoms with E-state index in [1.54, 1.807) is 12.1 Å². The fourth-order valence-corrected chi connectivity index (χ4v) is 5.08. The molecule has 0 fully saturated rings. The molecule has 26 heavy (non-hydrogen) atoms. The number of aryl methyl sites for hydroxylation is 3. The van der Waals surface area contributed by atoms with Crippen molar-refractivity contribution >= 4 is 27.3 Å². The van der Waals surface area contributed by atoms with Gasteiger partial charge in [-0.15, -0.1) is 0 Å². The van der Waals surface area contributed by atoms with Crippen LogP contribution in [0.4, 0.5) is 11.4 Å². The Balaban J connectivity index is 1.79. The number of benzene rings is 2. The van der Waals surface area contributed by atoms with Crippen molar-refractivity contribution in [2.75, 3.05) is 16.2 Å². The molecule has 0 saturated carbocycles. The quantitative estimate of drug-likeness (QED) is 0.899. The Bertz CT molecular complexity index is 1030. The van der Waals surface area contributed by atoms with E-state index in [1.807, 2.05) is 43.9 Å². The molecule has 0 radical (unpaired) electrons. The Morgan fingerprint density at radius 3 is 2.69 bits per heavy atom. The van der Waals surface area contributed by atoms with E-state index in [9.17, 15) is 13.2 Å². The number of hydrogen-bond donors (Lipinski definition) is 1. The summed E-state index contributed by atoms with van der Waals surface area (Å²) in [6.07, 6.45) is 1.66. The maximum atomic E-state index is 13.0. The van der Waals surface area contributed by atoms with Crippen LogP contribution in [0, 0.1) is 13.8 Å². The highest BCUT2D eigenvalue weighted by Gasteiger charge is 2.38. The van der Waals surface area contributed by atoms with E-state index in [2.05, 4.69) is 4.72 Å². The van der Waals surface area contributed by atoms with Gasteiger partial charge < -0.3 is 4.90 Å². The zero-order chi connectivity index (χ0) is 18.6. The molecule has 1 atom stereocenters. The second-order valence-corrected chi connectivity index (χ2v) is 8.94. The molecule has 0 bridgehead atoms. The molecule has 2 aromatic rings. The molecule has 0 saturated heterocycles. The fraction of sp³-hybridized carbons (Fsp3) is 0.350. The van der Waals surface area contributed by atoms with Gasteiger partial charge in [-0.1, -0.05) is 12.1 Å². The molecule has 1 N–H and O–H groups in total. The van der Waals surface area contributed by atoms with Gasteiger partial charge in [-0.3, -0.25) is 9.52 Å². The van der Waals surface area contributed by atoms with Gasteiger partial charge >= 0.3 is 0 Å². The minimum Gasteiger partial charge on any atom is -0.311 e. The van der Waals surface area contributed by atoms with Crippen LogP contribution in [0.25, 0.3) is 0 Å². The van der Waals surface area contributed by atoms with Gasteiger partial charge in [0.25, 0.3) is 10.0 Å². The predicted octanol–water partition coefficient (Wildman–Crippen LogP) is 3.50. The number of sulfonamides is 1. The van der Waals surface area contributed by atoms with Crippen molar-refractivity contribution in [1.82, 2.24) is 0 Å². The van der Waals surface area contributed by atoms with Crippen LogP contribution in [0.15, 0.2) is 35.2 Å². The number of carbonyl (C=O) groups is 1. The summed E-state index contributed by atoms with van der Waals surface area (Å²) in [5.41, 5.74) is 5.16. The maximum Gasteiger partial charge on any atom is 0.261 e. The number of amides is 1. The minimum absolute atomic E-state index is 0.0676. The maximum absolute atomic E-state index is 13.0. The van der Waals surface area contributed by atoms with Crippen molar-refractivity contribution < 1.29 is 13.2 Å². The normalized spacial score (nSPS) is 18.8. The Kier molecular flexibility index (Phi) is 3.84. The molecule has 2 heterocycles. The van der Waals surface area contributed by atoms with E-state index in [0.717, 1.165) is 47.3 Å². The van der Waals surface area contributed by atoms with Crippen LogP contribution in [-0.2, 0) is 21.2 Å². The van der Waals surface area contributed by atoms with Crippen molar-refractivity contribution in [1.29, 1.82) is 0 Å². The number of rotatable bonds is 3. The highest BCUT2D eigenvalue weighted by atomic mass is 32.2. The summed E-state index contributed by atoms with van der Waals surface area (Å²) in [5.74, 6) is -0.226. The van der Waals surface area contributed by atoms with Crippen LogP contribution in [0.1, 0.15) is 41.5 Å². The molecule has 1 amide bonds. The van der Waals surface area contributed by atoms with Crippen LogP contribution < -0.4 is 9.62 Å². The summed E-state index contributed by atoms with van der Waals surface area (Å²) in [6.45, 7) is 6.38. The number of carbonyl (C=O) groups excluding carboxylic acids is 1. The van der Waals surface area contributed by atoms with Crippen LogP contribution >= 0.6 is 0 Å². The second kappa shape index (κ2) is 5.84. The lowest BCUT2D eigenvalue weighted by Crippen LogP contribution is -2.32. The van der Waals surface area contributed by atoms with Gasteiger partial charge in [-0.2, -0.15) is 0 Å². The lowest BCUT2D eigenvalue weighted by molar-refractivity contribution is -0.119. The Hall–Kier alpha value is -2.34. The van der Waals surface area contributed by atoms with E-state index >= 15 is 0 Å². The highest BCUT2D eigenvalue weighted by Crippen LogP contribution is 2.44. The van der Waals surface area contributed by atoms with Gasteiger partial charge in [0.05, 0.1) is 22.2 Å². The van der Waals surface area contributed by atoms with E-state index in [4.69, 9.17) is 0 Å². The minimum atomic E-state index is -3.72. The third kappa shape index (κ3) is 2.60. The molecule has 0 unspecified atom stereocenters. The first-order chi connectivity index (χ1) is 12.3. The van der Waals surface area contributed by atoms with E-state index in [0.29, 0.717) is 5.69 Å². The molecule has 0 spiro atoms. The van der Waals surface area contributed by atoms with Gasteiger partial charge in [0, 0.05) is 6.54 Å². The van der Waals surface area contributed by atoms with Crippen LogP contribution in [0.2, 0.25) is 0 Å². The Morgan fingerprint density at radius 1 is 1.15 bits per heavy atom. The van der Waals surface area contributed by atoms with Crippen LogP contribution in [0.5, 0.6) is 0 Å². The molecule has 2 aliphatic heterocycles. The molecule has 2 aromatic carbocycles. The summed E-state index contributed by atoms with van der Waals surface area (Å²) in [6, 6.07) is 9.08. The first-order valence-electron chi connectivity index (χ1n) is 8.86. The molecule has 136 valence electrons. The summed E-state index contributed by atoms with van der Waals surface area (Å²) in [4.78, 5) is 14.5.